The van der Waals surface area contributed by atoms with E-state index in [2.05, 4.69) is 60.3 Å². The van der Waals surface area contributed by atoms with Crippen molar-refractivity contribution in [2.45, 2.75) is 99.1 Å². The van der Waals surface area contributed by atoms with Crippen LogP contribution in [0.25, 0.3) is 0 Å². The van der Waals surface area contributed by atoms with Crippen LogP contribution in [0.4, 0.5) is 0 Å². The molecule has 0 bridgehead atoms. The summed E-state index contributed by atoms with van der Waals surface area (Å²) in [5.41, 5.74) is 0.799. The largest absolute Gasteiger partial charge is 0.296 e. The van der Waals surface area contributed by atoms with Crippen molar-refractivity contribution in [2.24, 2.45) is 5.41 Å². The third-order valence-corrected chi connectivity index (χ3v) is 4.85. The number of nitrogens with zero attached hydrogens (tertiary/aromatic N) is 1. The van der Waals surface area contributed by atoms with Gasteiger partial charge < -0.3 is 0 Å². The van der Waals surface area contributed by atoms with E-state index in [1.54, 1.807) is 0 Å². The average molecular weight is 255 g/mol. The van der Waals surface area contributed by atoms with Crippen LogP contribution in [0.2, 0.25) is 0 Å². The molecule has 0 spiro atoms. The van der Waals surface area contributed by atoms with Crippen LogP contribution in [0.5, 0.6) is 0 Å². The molecule has 0 amide bonds. The van der Waals surface area contributed by atoms with Crippen molar-refractivity contribution in [3.8, 4) is 0 Å². The van der Waals surface area contributed by atoms with Crippen LogP contribution in [0.1, 0.15) is 87.5 Å². The minimum absolute atomic E-state index is 0.350. The van der Waals surface area contributed by atoms with E-state index in [-0.39, 0.29) is 0 Å². The van der Waals surface area contributed by atoms with E-state index in [0.29, 0.717) is 17.0 Å². The summed E-state index contributed by atoms with van der Waals surface area (Å²) in [6.07, 6.45) is 6.42. The molecule has 1 nitrogen and oxygen atoms in total. The molecular formula is C17H37N. The van der Waals surface area contributed by atoms with Gasteiger partial charge in [-0.3, -0.25) is 4.90 Å². The maximum absolute atomic E-state index is 2.74. The Morgan fingerprint density at radius 1 is 0.944 bits per heavy atom. The zero-order valence-corrected chi connectivity index (χ0v) is 14.3. The predicted molar refractivity (Wildman–Crippen MR) is 84.1 cm³/mol. The van der Waals surface area contributed by atoms with Crippen LogP contribution < -0.4 is 0 Å². The van der Waals surface area contributed by atoms with Crippen molar-refractivity contribution in [1.29, 1.82) is 0 Å². The van der Waals surface area contributed by atoms with Gasteiger partial charge in [-0.05, 0) is 45.1 Å². The van der Waals surface area contributed by atoms with Crippen molar-refractivity contribution in [3.05, 3.63) is 0 Å². The first-order chi connectivity index (χ1) is 8.26. The third kappa shape index (κ3) is 4.91. The lowest BCUT2D eigenvalue weighted by atomic mass is 9.75. The number of rotatable bonds is 9. The highest BCUT2D eigenvalue weighted by Gasteiger charge is 2.36. The summed E-state index contributed by atoms with van der Waals surface area (Å²) in [7, 11) is 0. The molecule has 0 aliphatic rings. The quantitative estimate of drug-likeness (QED) is 0.526. The highest BCUT2D eigenvalue weighted by Crippen LogP contribution is 2.37. The van der Waals surface area contributed by atoms with Gasteiger partial charge >= 0.3 is 0 Å². The Morgan fingerprint density at radius 3 is 1.83 bits per heavy atom. The molecule has 18 heavy (non-hydrogen) atoms. The number of hydrogen-bond acceptors (Lipinski definition) is 1. The Kier molecular flexibility index (Phi) is 7.51. The summed E-state index contributed by atoms with van der Waals surface area (Å²) < 4.78 is 0. The van der Waals surface area contributed by atoms with E-state index in [1.807, 2.05) is 0 Å². The molecule has 0 rings (SSSR count). The van der Waals surface area contributed by atoms with Gasteiger partial charge in [0.1, 0.15) is 0 Å². The fourth-order valence-electron chi connectivity index (χ4n) is 3.38. The standard InChI is InChI=1S/C17H37N/c1-9-13-15(5)18(12-4)17(8,11-3)14-16(6,7)10-2/h15H,9-14H2,1-8H3. The van der Waals surface area contributed by atoms with Crippen molar-refractivity contribution < 1.29 is 0 Å². The van der Waals surface area contributed by atoms with Crippen LogP contribution >= 0.6 is 0 Å². The molecule has 2 atom stereocenters. The maximum atomic E-state index is 2.74. The van der Waals surface area contributed by atoms with E-state index in [9.17, 15) is 0 Å². The van der Waals surface area contributed by atoms with Crippen LogP contribution in [0, 0.1) is 5.41 Å². The molecule has 0 N–H and O–H groups in total. The summed E-state index contributed by atoms with van der Waals surface area (Å²) in [5, 5.41) is 0. The normalized spacial score (nSPS) is 17.8. The maximum Gasteiger partial charge on any atom is 0.0186 e. The van der Waals surface area contributed by atoms with Gasteiger partial charge in [0.15, 0.2) is 0 Å². The van der Waals surface area contributed by atoms with Crippen LogP contribution in [-0.2, 0) is 0 Å². The lowest BCUT2D eigenvalue weighted by Crippen LogP contribution is -2.52. The topological polar surface area (TPSA) is 3.24 Å². The summed E-state index contributed by atoms with van der Waals surface area (Å²) >= 11 is 0. The Labute approximate surface area is 116 Å². The lowest BCUT2D eigenvalue weighted by Gasteiger charge is -2.48. The van der Waals surface area contributed by atoms with Crippen molar-refractivity contribution in [3.63, 3.8) is 0 Å². The molecular weight excluding hydrogens is 218 g/mol. The van der Waals surface area contributed by atoms with Gasteiger partial charge in [-0.15, -0.1) is 0 Å². The zero-order valence-electron chi connectivity index (χ0n) is 14.3. The molecule has 0 radical (unpaired) electrons. The number of hydrogen-bond donors (Lipinski definition) is 0. The summed E-state index contributed by atoms with van der Waals surface area (Å²) in [6.45, 7) is 20.2. The molecule has 0 aromatic heterocycles. The summed E-state index contributed by atoms with van der Waals surface area (Å²) in [6, 6.07) is 0.706. The minimum atomic E-state index is 0.350. The first-order valence-corrected chi connectivity index (χ1v) is 8.03. The predicted octanol–water partition coefficient (Wildman–Crippen LogP) is 5.49. The van der Waals surface area contributed by atoms with Gasteiger partial charge in [-0.1, -0.05) is 54.4 Å². The summed E-state index contributed by atoms with van der Waals surface area (Å²) in [5.74, 6) is 0. The highest BCUT2D eigenvalue weighted by atomic mass is 15.2. The molecule has 0 saturated heterocycles. The Bertz CT molecular complexity index is 222. The van der Waals surface area contributed by atoms with E-state index in [4.69, 9.17) is 0 Å². The van der Waals surface area contributed by atoms with Gasteiger partial charge in [0, 0.05) is 11.6 Å². The average Bonchev–Trinajstić information content (AvgIpc) is 2.29. The minimum Gasteiger partial charge on any atom is -0.296 e. The molecule has 0 aromatic carbocycles. The van der Waals surface area contributed by atoms with Gasteiger partial charge in [0.05, 0.1) is 0 Å². The fourth-order valence-corrected chi connectivity index (χ4v) is 3.38. The molecule has 110 valence electrons. The van der Waals surface area contributed by atoms with E-state index < -0.39 is 0 Å². The van der Waals surface area contributed by atoms with Crippen molar-refractivity contribution in [2.75, 3.05) is 6.54 Å². The van der Waals surface area contributed by atoms with Crippen molar-refractivity contribution >= 4 is 0 Å². The molecule has 0 heterocycles. The second-order valence-electron chi connectivity index (χ2n) is 6.97. The molecule has 0 aliphatic heterocycles. The monoisotopic (exact) mass is 255 g/mol. The lowest BCUT2D eigenvalue weighted by molar-refractivity contribution is 0.0229. The first-order valence-electron chi connectivity index (χ1n) is 8.03. The molecule has 0 aliphatic carbocycles. The van der Waals surface area contributed by atoms with Crippen molar-refractivity contribution in [1.82, 2.24) is 4.90 Å². The Balaban J connectivity index is 4.97. The van der Waals surface area contributed by atoms with Gasteiger partial charge in [0.25, 0.3) is 0 Å². The third-order valence-electron chi connectivity index (χ3n) is 4.85. The van der Waals surface area contributed by atoms with E-state index in [1.165, 1.54) is 38.6 Å². The second-order valence-corrected chi connectivity index (χ2v) is 6.97. The van der Waals surface area contributed by atoms with Crippen LogP contribution in [0.3, 0.4) is 0 Å². The second kappa shape index (κ2) is 7.53. The van der Waals surface area contributed by atoms with Gasteiger partial charge in [-0.25, -0.2) is 0 Å². The van der Waals surface area contributed by atoms with Crippen LogP contribution in [-0.4, -0.2) is 23.0 Å². The van der Waals surface area contributed by atoms with Gasteiger partial charge in [0.2, 0.25) is 0 Å². The Morgan fingerprint density at radius 2 is 1.50 bits per heavy atom. The molecule has 1 heteroatoms. The molecule has 0 aromatic rings. The SMILES string of the molecule is CCCC(C)N(CC)C(C)(CC)CC(C)(C)CC. The fraction of sp³-hybridized carbons (Fsp3) is 1.00. The van der Waals surface area contributed by atoms with Crippen LogP contribution in [0.15, 0.2) is 0 Å². The Hall–Kier alpha value is -0.0400. The highest BCUT2D eigenvalue weighted by molar-refractivity contribution is 4.91. The van der Waals surface area contributed by atoms with E-state index >= 15 is 0 Å². The molecule has 2 unspecified atom stereocenters. The molecule has 0 saturated carbocycles. The van der Waals surface area contributed by atoms with E-state index in [0.717, 1.165) is 0 Å². The van der Waals surface area contributed by atoms with Gasteiger partial charge in [-0.2, -0.15) is 0 Å². The first kappa shape index (κ1) is 18.0. The smallest absolute Gasteiger partial charge is 0.0186 e. The zero-order chi connectivity index (χ0) is 14.4. The molecule has 0 fully saturated rings. The summed E-state index contributed by atoms with van der Waals surface area (Å²) in [4.78, 5) is 2.74.